The Hall–Kier alpha value is -3.35. The van der Waals surface area contributed by atoms with Gasteiger partial charge in [0.05, 0.1) is 5.56 Å². The van der Waals surface area contributed by atoms with Crippen LogP contribution in [0.5, 0.6) is 0 Å². The number of anilines is 1. The first-order valence-corrected chi connectivity index (χ1v) is 7.61. The Bertz CT molecular complexity index is 790. The molecule has 7 heteroatoms. The molecule has 25 heavy (non-hydrogen) atoms. The fraction of sp³-hybridized carbons (Fsp3) is 0.167. The molecule has 0 heterocycles. The fourth-order valence-electron chi connectivity index (χ4n) is 2.02. The van der Waals surface area contributed by atoms with E-state index in [0.29, 0.717) is 11.3 Å². The fourth-order valence-corrected chi connectivity index (χ4v) is 2.02. The number of aryl methyl sites for hydroxylation is 1. The first-order valence-electron chi connectivity index (χ1n) is 7.61. The highest BCUT2D eigenvalue weighted by Crippen LogP contribution is 2.17. The van der Waals surface area contributed by atoms with E-state index in [4.69, 9.17) is 10.5 Å². The summed E-state index contributed by atoms with van der Waals surface area (Å²) in [5.41, 5.74) is 11.9. The second-order valence-electron chi connectivity index (χ2n) is 5.39. The van der Waals surface area contributed by atoms with Crippen molar-refractivity contribution < 1.29 is 19.1 Å². The smallest absolute Gasteiger partial charge is 0.341 e. The van der Waals surface area contributed by atoms with E-state index < -0.39 is 23.9 Å². The predicted octanol–water partition coefficient (Wildman–Crippen LogP) is 1.58. The van der Waals surface area contributed by atoms with Crippen molar-refractivity contribution in [3.63, 3.8) is 0 Å². The van der Waals surface area contributed by atoms with Gasteiger partial charge in [-0.05, 0) is 37.6 Å². The topological polar surface area (TPSA) is 111 Å². The van der Waals surface area contributed by atoms with E-state index in [1.54, 1.807) is 49.4 Å². The number of nitrogen functional groups attached to an aromatic ring is 1. The molecule has 0 bridgehead atoms. The van der Waals surface area contributed by atoms with Crippen molar-refractivity contribution in [3.8, 4) is 0 Å². The summed E-state index contributed by atoms with van der Waals surface area (Å²) in [6.45, 7) is 3.16. The molecule has 1 atom stereocenters. The van der Waals surface area contributed by atoms with E-state index in [1.807, 2.05) is 0 Å². The summed E-state index contributed by atoms with van der Waals surface area (Å²) in [4.78, 5) is 35.9. The summed E-state index contributed by atoms with van der Waals surface area (Å²) >= 11 is 0. The molecular formula is C18H19N3O4. The Morgan fingerprint density at radius 2 is 1.68 bits per heavy atom. The third kappa shape index (κ3) is 4.57. The monoisotopic (exact) mass is 341 g/mol. The van der Waals surface area contributed by atoms with Crippen LogP contribution in [0.2, 0.25) is 0 Å². The van der Waals surface area contributed by atoms with E-state index in [2.05, 4.69) is 10.9 Å². The normalized spacial score (nSPS) is 11.3. The van der Waals surface area contributed by atoms with E-state index in [-0.39, 0.29) is 5.56 Å². The van der Waals surface area contributed by atoms with Gasteiger partial charge in [0.1, 0.15) is 0 Å². The van der Waals surface area contributed by atoms with Gasteiger partial charge in [-0.3, -0.25) is 20.4 Å². The van der Waals surface area contributed by atoms with Crippen LogP contribution in [-0.4, -0.2) is 23.9 Å². The molecule has 2 amide bonds. The second kappa shape index (κ2) is 7.96. The Morgan fingerprint density at radius 1 is 1.00 bits per heavy atom. The van der Waals surface area contributed by atoms with Gasteiger partial charge in [-0.2, -0.15) is 0 Å². The van der Waals surface area contributed by atoms with Crippen LogP contribution in [0, 0.1) is 6.92 Å². The number of carbonyl (C=O) groups is 3. The number of hydrazine groups is 1. The van der Waals surface area contributed by atoms with Gasteiger partial charge >= 0.3 is 5.97 Å². The maximum atomic E-state index is 12.1. The van der Waals surface area contributed by atoms with Crippen molar-refractivity contribution in [2.75, 3.05) is 5.73 Å². The zero-order chi connectivity index (χ0) is 18.4. The van der Waals surface area contributed by atoms with Crippen LogP contribution in [0.4, 0.5) is 5.69 Å². The molecular weight excluding hydrogens is 322 g/mol. The minimum Gasteiger partial charge on any atom is -0.449 e. The van der Waals surface area contributed by atoms with Crippen LogP contribution in [-0.2, 0) is 9.53 Å². The summed E-state index contributed by atoms with van der Waals surface area (Å²) in [6, 6.07) is 13.3. The van der Waals surface area contributed by atoms with Gasteiger partial charge in [0.2, 0.25) is 0 Å². The number of benzene rings is 2. The summed E-state index contributed by atoms with van der Waals surface area (Å²) in [5.74, 6) is -1.85. The summed E-state index contributed by atoms with van der Waals surface area (Å²) in [6.07, 6.45) is -1.11. The Labute approximate surface area is 145 Å². The number of esters is 1. The molecule has 0 saturated carbocycles. The predicted molar refractivity (Wildman–Crippen MR) is 92.5 cm³/mol. The molecule has 2 aromatic carbocycles. The van der Waals surface area contributed by atoms with Crippen molar-refractivity contribution in [2.24, 2.45) is 0 Å². The molecule has 130 valence electrons. The van der Waals surface area contributed by atoms with Crippen LogP contribution < -0.4 is 16.6 Å². The lowest BCUT2D eigenvalue weighted by Crippen LogP contribution is -2.46. The highest BCUT2D eigenvalue weighted by atomic mass is 16.5. The van der Waals surface area contributed by atoms with E-state index in [0.717, 1.165) is 5.56 Å². The number of hydrogen-bond acceptors (Lipinski definition) is 5. The molecule has 0 aliphatic carbocycles. The standard InChI is InChI=1S/C18H19N3O4/c1-11-7-6-10-14(15(11)19)18(24)25-12(2)16(22)20-21-17(23)13-8-4-3-5-9-13/h3-10,12H,19H2,1-2H3,(H,20,22)(H,21,23)/t12-/m1/s1. The van der Waals surface area contributed by atoms with E-state index in [9.17, 15) is 14.4 Å². The first kappa shape index (κ1) is 18.0. The quantitative estimate of drug-likeness (QED) is 0.444. The van der Waals surface area contributed by atoms with E-state index >= 15 is 0 Å². The van der Waals surface area contributed by atoms with Gasteiger partial charge in [-0.15, -0.1) is 0 Å². The molecule has 0 unspecified atom stereocenters. The minimum absolute atomic E-state index is 0.188. The maximum Gasteiger partial charge on any atom is 0.341 e. The van der Waals surface area contributed by atoms with Crippen LogP contribution in [0.15, 0.2) is 48.5 Å². The van der Waals surface area contributed by atoms with Gasteiger partial charge in [0.15, 0.2) is 6.10 Å². The Kier molecular flexibility index (Phi) is 5.73. The lowest BCUT2D eigenvalue weighted by atomic mass is 10.1. The van der Waals surface area contributed by atoms with E-state index in [1.165, 1.54) is 13.0 Å². The van der Waals surface area contributed by atoms with Crippen LogP contribution in [0.1, 0.15) is 33.2 Å². The average Bonchev–Trinajstić information content (AvgIpc) is 2.62. The van der Waals surface area contributed by atoms with Crippen LogP contribution in [0.3, 0.4) is 0 Å². The Balaban J connectivity index is 1.91. The Morgan fingerprint density at radius 3 is 2.36 bits per heavy atom. The molecule has 7 nitrogen and oxygen atoms in total. The summed E-state index contributed by atoms with van der Waals surface area (Å²) in [5, 5.41) is 0. The van der Waals surface area contributed by atoms with Crippen LogP contribution >= 0.6 is 0 Å². The number of hydrogen-bond donors (Lipinski definition) is 3. The largest absolute Gasteiger partial charge is 0.449 e. The number of nitrogens with two attached hydrogens (primary N) is 1. The van der Waals surface area contributed by atoms with Crippen molar-refractivity contribution in [2.45, 2.75) is 20.0 Å². The van der Waals surface area contributed by atoms with Gasteiger partial charge in [-0.1, -0.05) is 30.3 Å². The number of rotatable bonds is 4. The summed E-state index contributed by atoms with van der Waals surface area (Å²) < 4.78 is 5.09. The molecule has 2 aromatic rings. The van der Waals surface area contributed by atoms with Gasteiger partial charge in [-0.25, -0.2) is 4.79 Å². The van der Waals surface area contributed by atoms with Gasteiger partial charge in [0.25, 0.3) is 11.8 Å². The minimum atomic E-state index is -1.11. The van der Waals surface area contributed by atoms with Crippen LogP contribution in [0.25, 0.3) is 0 Å². The third-order valence-electron chi connectivity index (χ3n) is 3.53. The number of nitrogens with one attached hydrogen (secondary N) is 2. The van der Waals surface area contributed by atoms with Crippen molar-refractivity contribution >= 4 is 23.5 Å². The lowest BCUT2D eigenvalue weighted by molar-refractivity contribution is -0.129. The molecule has 4 N–H and O–H groups in total. The number of ether oxygens (including phenoxy) is 1. The zero-order valence-electron chi connectivity index (χ0n) is 13.9. The highest BCUT2D eigenvalue weighted by molar-refractivity contribution is 5.98. The zero-order valence-corrected chi connectivity index (χ0v) is 13.9. The molecule has 0 spiro atoms. The van der Waals surface area contributed by atoms with Crippen molar-refractivity contribution in [1.82, 2.24) is 10.9 Å². The maximum absolute atomic E-state index is 12.1. The second-order valence-corrected chi connectivity index (χ2v) is 5.39. The molecule has 0 saturated heterocycles. The number of amides is 2. The first-order chi connectivity index (χ1) is 11.9. The molecule has 0 aromatic heterocycles. The van der Waals surface area contributed by atoms with Crippen molar-refractivity contribution in [1.29, 1.82) is 0 Å². The average molecular weight is 341 g/mol. The molecule has 0 aliphatic heterocycles. The lowest BCUT2D eigenvalue weighted by Gasteiger charge is -2.15. The SMILES string of the molecule is Cc1cccc(C(=O)O[C@H](C)C(=O)NNC(=O)c2ccccc2)c1N. The molecule has 0 aliphatic rings. The number of para-hydroxylation sites is 1. The highest BCUT2D eigenvalue weighted by Gasteiger charge is 2.21. The molecule has 2 rings (SSSR count). The van der Waals surface area contributed by atoms with Gasteiger partial charge < -0.3 is 10.5 Å². The number of carbonyl (C=O) groups excluding carboxylic acids is 3. The third-order valence-corrected chi connectivity index (χ3v) is 3.53. The molecule has 0 radical (unpaired) electrons. The summed E-state index contributed by atoms with van der Waals surface area (Å²) in [7, 11) is 0. The van der Waals surface area contributed by atoms with Crippen molar-refractivity contribution in [3.05, 3.63) is 65.2 Å². The van der Waals surface area contributed by atoms with Gasteiger partial charge in [0, 0.05) is 11.3 Å². The molecule has 0 fully saturated rings.